The van der Waals surface area contributed by atoms with Gasteiger partial charge >= 0.3 is 0 Å². The van der Waals surface area contributed by atoms with Crippen LogP contribution in [0.5, 0.6) is 0 Å². The Morgan fingerprint density at radius 2 is 2.19 bits per heavy atom. The lowest BCUT2D eigenvalue weighted by Crippen LogP contribution is -2.16. The second kappa shape index (κ2) is 5.95. The van der Waals surface area contributed by atoms with Crippen LogP contribution in [0, 0.1) is 18.8 Å². The second-order valence-electron chi connectivity index (χ2n) is 4.30. The van der Waals surface area contributed by atoms with Crippen LogP contribution >= 0.6 is 0 Å². The molecule has 1 aromatic heterocycles. The van der Waals surface area contributed by atoms with Gasteiger partial charge in [0.2, 0.25) is 5.95 Å². The van der Waals surface area contributed by atoms with E-state index < -0.39 is 10.0 Å². The third kappa shape index (κ3) is 3.39. The predicted molar refractivity (Wildman–Crippen MR) is 78.9 cm³/mol. The molecular formula is C13H15N5O2S. The zero-order valence-corrected chi connectivity index (χ0v) is 12.5. The predicted octanol–water partition coefficient (Wildman–Crippen LogP) is 0.235. The summed E-state index contributed by atoms with van der Waals surface area (Å²) in [6, 6.07) is 4.70. The molecule has 2 aromatic rings. The molecule has 0 radical (unpaired) electrons. The molecule has 2 rings (SSSR count). The number of nitrogens with two attached hydrogens (primary N) is 1. The number of aromatic nitrogens is 3. The lowest BCUT2D eigenvalue weighted by molar-refractivity contribution is 0.600. The quantitative estimate of drug-likeness (QED) is 0.790. The van der Waals surface area contributed by atoms with Gasteiger partial charge in [0.25, 0.3) is 10.0 Å². The zero-order valence-electron chi connectivity index (χ0n) is 11.7. The van der Waals surface area contributed by atoms with Gasteiger partial charge in [-0.05, 0) is 30.7 Å². The lowest BCUT2D eigenvalue weighted by atomic mass is 10.1. The molecule has 7 nitrogen and oxygen atoms in total. The Labute approximate surface area is 123 Å². The maximum Gasteiger partial charge on any atom is 0.264 e. The van der Waals surface area contributed by atoms with Gasteiger partial charge in [0.05, 0.1) is 11.4 Å². The van der Waals surface area contributed by atoms with Gasteiger partial charge < -0.3 is 5.73 Å². The summed E-state index contributed by atoms with van der Waals surface area (Å²) in [5.74, 6) is 5.78. The normalized spacial score (nSPS) is 10.8. The number of benzene rings is 1. The maximum absolute atomic E-state index is 12.3. The van der Waals surface area contributed by atoms with Crippen molar-refractivity contribution in [3.8, 4) is 11.8 Å². The third-order valence-corrected chi connectivity index (χ3v) is 4.10. The Morgan fingerprint density at radius 1 is 1.43 bits per heavy atom. The smallest absolute Gasteiger partial charge is 0.264 e. The number of rotatable bonds is 3. The minimum atomic E-state index is -3.71. The van der Waals surface area contributed by atoms with Crippen molar-refractivity contribution in [2.45, 2.75) is 11.8 Å². The highest BCUT2D eigenvalue weighted by Crippen LogP contribution is 2.17. The Kier molecular flexibility index (Phi) is 4.26. The van der Waals surface area contributed by atoms with Crippen LogP contribution in [-0.4, -0.2) is 29.7 Å². The van der Waals surface area contributed by atoms with Crippen LogP contribution in [0.15, 0.2) is 29.4 Å². The molecule has 0 bridgehead atoms. The van der Waals surface area contributed by atoms with Crippen LogP contribution in [0.25, 0.3) is 0 Å². The summed E-state index contributed by atoms with van der Waals surface area (Å²) >= 11 is 0. The molecule has 0 aliphatic heterocycles. The maximum atomic E-state index is 12.3. The fraction of sp³-hybridized carbons (Fsp3) is 0.231. The van der Waals surface area contributed by atoms with E-state index >= 15 is 0 Å². The van der Waals surface area contributed by atoms with Gasteiger partial charge in [0, 0.05) is 12.6 Å². The van der Waals surface area contributed by atoms with Crippen LogP contribution in [0.3, 0.4) is 0 Å². The second-order valence-corrected chi connectivity index (χ2v) is 5.98. The molecule has 0 aliphatic rings. The van der Waals surface area contributed by atoms with Gasteiger partial charge in [-0.1, -0.05) is 11.8 Å². The Morgan fingerprint density at radius 3 is 2.76 bits per heavy atom. The highest BCUT2D eigenvalue weighted by Gasteiger charge is 2.17. The van der Waals surface area contributed by atoms with Crippen molar-refractivity contribution in [3.05, 3.63) is 35.7 Å². The Hall–Kier alpha value is -2.37. The fourth-order valence-electron chi connectivity index (χ4n) is 1.66. The highest BCUT2D eigenvalue weighted by molar-refractivity contribution is 7.92. The first kappa shape index (κ1) is 15.0. The van der Waals surface area contributed by atoms with Crippen LogP contribution in [0.4, 0.5) is 5.95 Å². The van der Waals surface area contributed by atoms with Crippen LogP contribution in [0.2, 0.25) is 0 Å². The minimum Gasteiger partial charge on any atom is -0.320 e. The summed E-state index contributed by atoms with van der Waals surface area (Å²) in [5.41, 5.74) is 6.83. The first-order valence-electron chi connectivity index (χ1n) is 6.10. The molecule has 3 N–H and O–H groups in total. The van der Waals surface area contributed by atoms with Crippen molar-refractivity contribution >= 4 is 16.0 Å². The van der Waals surface area contributed by atoms with Gasteiger partial charge in [-0.25, -0.2) is 17.8 Å². The molecule has 0 unspecified atom stereocenters. The number of hydrogen-bond acceptors (Lipinski definition) is 5. The third-order valence-electron chi connectivity index (χ3n) is 2.77. The average molecular weight is 305 g/mol. The summed E-state index contributed by atoms with van der Waals surface area (Å²) in [7, 11) is -2.11. The molecule has 1 heterocycles. The first-order valence-corrected chi connectivity index (χ1v) is 7.59. The Balaban J connectivity index is 2.33. The van der Waals surface area contributed by atoms with E-state index in [-0.39, 0.29) is 17.4 Å². The van der Waals surface area contributed by atoms with Crippen molar-refractivity contribution in [1.82, 2.24) is 14.8 Å². The molecule has 0 saturated heterocycles. The minimum absolute atomic E-state index is 0.140. The number of nitrogens with zero attached hydrogens (tertiary/aromatic N) is 3. The molecule has 0 fully saturated rings. The molecule has 0 atom stereocenters. The SMILES string of the molecule is Cc1cc(S(=O)(=O)Nc2ncnn2C)ccc1C#CCN. The molecule has 0 saturated carbocycles. The lowest BCUT2D eigenvalue weighted by Gasteiger charge is -2.08. The van der Waals surface area contributed by atoms with E-state index in [0.717, 1.165) is 11.1 Å². The van der Waals surface area contributed by atoms with Gasteiger partial charge in [-0.15, -0.1) is 0 Å². The largest absolute Gasteiger partial charge is 0.320 e. The zero-order chi connectivity index (χ0) is 15.5. The molecule has 0 spiro atoms. The number of hydrogen-bond donors (Lipinski definition) is 2. The van der Waals surface area contributed by atoms with Crippen molar-refractivity contribution < 1.29 is 8.42 Å². The summed E-state index contributed by atoms with van der Waals surface area (Å²) in [6.45, 7) is 2.05. The van der Waals surface area contributed by atoms with E-state index in [9.17, 15) is 8.42 Å². The molecule has 0 amide bonds. The monoisotopic (exact) mass is 305 g/mol. The standard InChI is InChI=1S/C13H15N5O2S/c1-10-8-12(6-5-11(10)4-3-7-14)21(19,20)17-13-15-9-16-18(13)2/h5-6,8-9H,7,14H2,1-2H3,(H,15,16,17). The average Bonchev–Trinajstić information content (AvgIpc) is 2.82. The highest BCUT2D eigenvalue weighted by atomic mass is 32.2. The first-order chi connectivity index (χ1) is 9.94. The van der Waals surface area contributed by atoms with E-state index in [1.807, 2.05) is 0 Å². The number of sulfonamides is 1. The van der Waals surface area contributed by atoms with Crippen LogP contribution < -0.4 is 10.5 Å². The van der Waals surface area contributed by atoms with Crippen molar-refractivity contribution in [3.63, 3.8) is 0 Å². The van der Waals surface area contributed by atoms with Crippen LogP contribution in [0.1, 0.15) is 11.1 Å². The van der Waals surface area contributed by atoms with E-state index in [1.165, 1.54) is 17.1 Å². The number of nitrogens with one attached hydrogen (secondary N) is 1. The van der Waals surface area contributed by atoms with Gasteiger partial charge in [0.1, 0.15) is 6.33 Å². The van der Waals surface area contributed by atoms with E-state index in [2.05, 4.69) is 26.6 Å². The number of aryl methyl sites for hydroxylation is 2. The van der Waals surface area contributed by atoms with Crippen molar-refractivity contribution in [2.75, 3.05) is 11.3 Å². The summed E-state index contributed by atoms with van der Waals surface area (Å²) < 4.78 is 28.3. The van der Waals surface area contributed by atoms with Crippen molar-refractivity contribution in [2.24, 2.45) is 12.8 Å². The fourth-order valence-corrected chi connectivity index (χ4v) is 2.78. The summed E-state index contributed by atoms with van der Waals surface area (Å²) in [4.78, 5) is 3.97. The van der Waals surface area contributed by atoms with E-state index in [1.54, 1.807) is 26.1 Å². The Bertz CT molecular complexity index is 815. The number of anilines is 1. The molecule has 110 valence electrons. The topological polar surface area (TPSA) is 103 Å². The van der Waals surface area contributed by atoms with Crippen LogP contribution in [-0.2, 0) is 17.1 Å². The summed E-state index contributed by atoms with van der Waals surface area (Å²) in [6.07, 6.45) is 1.27. The molecule has 1 aromatic carbocycles. The molecule has 0 aliphatic carbocycles. The molecule has 8 heteroatoms. The van der Waals surface area contributed by atoms with Gasteiger partial charge in [-0.3, -0.25) is 0 Å². The van der Waals surface area contributed by atoms with E-state index in [0.29, 0.717) is 0 Å². The van der Waals surface area contributed by atoms with Crippen molar-refractivity contribution in [1.29, 1.82) is 0 Å². The van der Waals surface area contributed by atoms with Gasteiger partial charge in [-0.2, -0.15) is 10.1 Å². The van der Waals surface area contributed by atoms with Gasteiger partial charge in [0.15, 0.2) is 0 Å². The molecular weight excluding hydrogens is 290 g/mol. The van der Waals surface area contributed by atoms with E-state index in [4.69, 9.17) is 5.73 Å². The summed E-state index contributed by atoms with van der Waals surface area (Å²) in [5, 5.41) is 3.81. The molecule has 21 heavy (non-hydrogen) atoms.